The van der Waals surface area contributed by atoms with Crippen LogP contribution in [0.3, 0.4) is 0 Å². The molecule has 18 heavy (non-hydrogen) atoms. The van der Waals surface area contributed by atoms with Crippen molar-refractivity contribution in [2.75, 3.05) is 0 Å². The van der Waals surface area contributed by atoms with Crippen LogP contribution in [0.2, 0.25) is 0 Å². The maximum absolute atomic E-state index is 12.5. The largest absolute Gasteiger partial charge is 0.345 e. The van der Waals surface area contributed by atoms with Gasteiger partial charge in [0.25, 0.3) is 0 Å². The second-order valence-corrected chi connectivity index (χ2v) is 4.99. The number of aromatic nitrogens is 2. The van der Waals surface area contributed by atoms with Crippen molar-refractivity contribution < 1.29 is 4.79 Å². The van der Waals surface area contributed by atoms with Crippen LogP contribution in [-0.2, 0) is 0 Å². The topological polar surface area (TPSA) is 38.1 Å². The zero-order valence-corrected chi connectivity index (χ0v) is 11.3. The lowest BCUT2D eigenvalue weighted by Gasteiger charge is -2.30. The third-order valence-corrected chi connectivity index (χ3v) is 2.99. The maximum atomic E-state index is 12.5. The Morgan fingerprint density at radius 3 is 2.39 bits per heavy atom. The molecule has 0 unspecified atom stereocenters. The van der Waals surface area contributed by atoms with Gasteiger partial charge >= 0.3 is 6.03 Å². The first-order valence-corrected chi connectivity index (χ1v) is 6.27. The van der Waals surface area contributed by atoms with Crippen molar-refractivity contribution >= 4 is 16.9 Å². The highest BCUT2D eigenvalue weighted by Crippen LogP contribution is 2.15. The summed E-state index contributed by atoms with van der Waals surface area (Å²) in [7, 11) is 0. The van der Waals surface area contributed by atoms with E-state index in [1.54, 1.807) is 6.20 Å². The molecule has 0 N–H and O–H groups in total. The smallest absolute Gasteiger partial charge is 0.318 e. The van der Waals surface area contributed by atoms with Gasteiger partial charge in [-0.15, -0.1) is 0 Å². The third kappa shape index (κ3) is 2.10. The fourth-order valence-electron chi connectivity index (χ4n) is 2.27. The quantitative estimate of drug-likeness (QED) is 0.815. The molecule has 0 radical (unpaired) electrons. The van der Waals surface area contributed by atoms with Crippen molar-refractivity contribution in [3.63, 3.8) is 0 Å². The van der Waals surface area contributed by atoms with Crippen LogP contribution in [0.15, 0.2) is 30.5 Å². The van der Waals surface area contributed by atoms with E-state index < -0.39 is 0 Å². The first-order valence-electron chi connectivity index (χ1n) is 6.27. The van der Waals surface area contributed by atoms with Gasteiger partial charge in [-0.3, -0.25) is 0 Å². The van der Waals surface area contributed by atoms with Gasteiger partial charge < -0.3 is 4.90 Å². The number of nitrogens with zero attached hydrogens (tertiary/aromatic N) is 3. The maximum Gasteiger partial charge on any atom is 0.345 e. The Bertz CT molecular complexity index is 549. The summed E-state index contributed by atoms with van der Waals surface area (Å²) in [4.78, 5) is 14.4. The molecule has 0 spiro atoms. The molecule has 0 fully saturated rings. The Hall–Kier alpha value is -1.84. The molecule has 1 amide bonds. The van der Waals surface area contributed by atoms with E-state index in [1.807, 2.05) is 56.9 Å². The lowest BCUT2D eigenvalue weighted by molar-refractivity contribution is 0.164. The second kappa shape index (κ2) is 4.80. The average molecular weight is 245 g/mol. The van der Waals surface area contributed by atoms with Crippen LogP contribution in [0.25, 0.3) is 10.9 Å². The van der Waals surface area contributed by atoms with E-state index in [0.717, 1.165) is 10.9 Å². The van der Waals surface area contributed by atoms with E-state index in [-0.39, 0.29) is 18.1 Å². The van der Waals surface area contributed by atoms with Gasteiger partial charge in [0.05, 0.1) is 11.7 Å². The average Bonchev–Trinajstić information content (AvgIpc) is 2.71. The monoisotopic (exact) mass is 245 g/mol. The van der Waals surface area contributed by atoms with Crippen LogP contribution in [0.4, 0.5) is 4.79 Å². The summed E-state index contributed by atoms with van der Waals surface area (Å²) in [5, 5.41) is 5.19. The van der Waals surface area contributed by atoms with Crippen LogP contribution in [-0.4, -0.2) is 32.8 Å². The van der Waals surface area contributed by atoms with Crippen LogP contribution in [0, 0.1) is 0 Å². The van der Waals surface area contributed by atoms with Gasteiger partial charge in [-0.25, -0.2) is 4.79 Å². The van der Waals surface area contributed by atoms with Gasteiger partial charge in [0.2, 0.25) is 0 Å². The Labute approximate surface area is 107 Å². The van der Waals surface area contributed by atoms with Crippen LogP contribution in [0.5, 0.6) is 0 Å². The molecule has 0 aliphatic carbocycles. The number of carbonyl (C=O) groups excluding carboxylic acids is 1. The number of fused-ring (bicyclic) bond motifs is 1. The van der Waals surface area contributed by atoms with Crippen molar-refractivity contribution in [3.8, 4) is 0 Å². The number of benzene rings is 1. The molecule has 4 nitrogen and oxygen atoms in total. The van der Waals surface area contributed by atoms with Gasteiger partial charge in [0.1, 0.15) is 0 Å². The zero-order chi connectivity index (χ0) is 13.3. The molecule has 4 heteroatoms. The highest BCUT2D eigenvalue weighted by atomic mass is 16.2. The Kier molecular flexibility index (Phi) is 3.36. The molecular weight excluding hydrogens is 226 g/mol. The molecule has 2 aromatic rings. The van der Waals surface area contributed by atoms with E-state index >= 15 is 0 Å². The summed E-state index contributed by atoms with van der Waals surface area (Å²) < 4.78 is 1.48. The summed E-state index contributed by atoms with van der Waals surface area (Å²) in [6.45, 7) is 8.07. The highest BCUT2D eigenvalue weighted by Gasteiger charge is 2.23. The predicted octanol–water partition coefficient (Wildman–Crippen LogP) is 3.12. The number of carbonyl (C=O) groups is 1. The second-order valence-electron chi connectivity index (χ2n) is 4.99. The van der Waals surface area contributed by atoms with Crippen molar-refractivity contribution in [3.05, 3.63) is 30.5 Å². The van der Waals surface area contributed by atoms with E-state index in [0.29, 0.717) is 0 Å². The third-order valence-electron chi connectivity index (χ3n) is 2.99. The molecule has 96 valence electrons. The summed E-state index contributed by atoms with van der Waals surface area (Å²) in [5.41, 5.74) is 0.855. The minimum atomic E-state index is -0.0683. The minimum absolute atomic E-state index is 0.0683. The molecule has 1 aromatic heterocycles. The zero-order valence-electron chi connectivity index (χ0n) is 11.3. The van der Waals surface area contributed by atoms with Gasteiger partial charge in [0, 0.05) is 17.5 Å². The molecule has 0 atom stereocenters. The van der Waals surface area contributed by atoms with E-state index in [9.17, 15) is 4.79 Å². The molecule has 1 heterocycles. The summed E-state index contributed by atoms with van der Waals surface area (Å²) in [5.74, 6) is 0. The predicted molar refractivity (Wildman–Crippen MR) is 72.6 cm³/mol. The van der Waals surface area contributed by atoms with Gasteiger partial charge in [0.15, 0.2) is 0 Å². The number of hydrogen-bond acceptors (Lipinski definition) is 2. The van der Waals surface area contributed by atoms with Gasteiger partial charge in [-0.2, -0.15) is 9.78 Å². The molecule has 0 bridgehead atoms. The Morgan fingerprint density at radius 2 is 1.78 bits per heavy atom. The first kappa shape index (κ1) is 12.6. The standard InChI is InChI=1S/C14H19N3O/c1-10(2)16(11(3)4)14(18)17-13-8-6-5-7-12(13)9-15-17/h5-11H,1-4H3. The molecule has 0 saturated carbocycles. The fraction of sp³-hybridized carbons (Fsp3) is 0.429. The normalized spacial score (nSPS) is 11.4. The van der Waals surface area contributed by atoms with Crippen molar-refractivity contribution in [2.24, 2.45) is 0 Å². The lowest BCUT2D eigenvalue weighted by Crippen LogP contribution is -2.44. The highest BCUT2D eigenvalue weighted by molar-refractivity contribution is 5.89. The van der Waals surface area contributed by atoms with Crippen LogP contribution < -0.4 is 0 Å². The first-order chi connectivity index (χ1) is 8.52. The van der Waals surface area contributed by atoms with Crippen molar-refractivity contribution in [2.45, 2.75) is 39.8 Å². The molecule has 0 aliphatic rings. The molecule has 0 saturated heterocycles. The lowest BCUT2D eigenvalue weighted by atomic mass is 10.2. The summed E-state index contributed by atoms with van der Waals surface area (Å²) in [6, 6.07) is 7.98. The Balaban J connectivity index is 2.44. The van der Waals surface area contributed by atoms with Crippen molar-refractivity contribution in [1.29, 1.82) is 0 Å². The SMILES string of the molecule is CC(C)N(C(=O)n1ncc2ccccc21)C(C)C. The molecule has 1 aromatic carbocycles. The van der Waals surface area contributed by atoms with Crippen molar-refractivity contribution in [1.82, 2.24) is 14.7 Å². The van der Waals surface area contributed by atoms with E-state index in [1.165, 1.54) is 4.68 Å². The number of amides is 1. The van der Waals surface area contributed by atoms with E-state index in [2.05, 4.69) is 5.10 Å². The Morgan fingerprint density at radius 1 is 1.17 bits per heavy atom. The molecule has 2 rings (SSSR count). The summed E-state index contributed by atoms with van der Waals surface area (Å²) >= 11 is 0. The summed E-state index contributed by atoms with van der Waals surface area (Å²) in [6.07, 6.45) is 1.73. The molecular formula is C14H19N3O. The van der Waals surface area contributed by atoms with Crippen LogP contribution in [0.1, 0.15) is 27.7 Å². The number of para-hydroxylation sites is 1. The van der Waals surface area contributed by atoms with Crippen LogP contribution >= 0.6 is 0 Å². The van der Waals surface area contributed by atoms with Gasteiger partial charge in [-0.1, -0.05) is 18.2 Å². The van der Waals surface area contributed by atoms with E-state index in [4.69, 9.17) is 0 Å². The fourth-order valence-corrected chi connectivity index (χ4v) is 2.27. The minimum Gasteiger partial charge on any atom is -0.318 e. The number of rotatable bonds is 2. The number of hydrogen-bond donors (Lipinski definition) is 0. The molecule has 0 aliphatic heterocycles. The van der Waals surface area contributed by atoms with Gasteiger partial charge in [-0.05, 0) is 33.8 Å².